The molecule has 70 valence electrons. The van der Waals surface area contributed by atoms with Gasteiger partial charge < -0.3 is 0 Å². The Bertz CT molecular complexity index is 433. The summed E-state index contributed by atoms with van der Waals surface area (Å²) in [5, 5.41) is 0. The molecule has 0 spiro atoms. The van der Waals surface area contributed by atoms with E-state index < -0.39 is 0 Å². The molecule has 0 saturated heterocycles. The van der Waals surface area contributed by atoms with Gasteiger partial charge >= 0.3 is 0 Å². The maximum absolute atomic E-state index is 7.13. The molecule has 0 atom stereocenters. The largest absolute Gasteiger partial charge is 0.238 e. The summed E-state index contributed by atoms with van der Waals surface area (Å²) in [5.41, 5.74) is 4.64. The Morgan fingerprint density at radius 3 is 2.79 bits per heavy atom. The fraction of sp³-hybridized carbons (Fsp3) is 0.308. The highest BCUT2D eigenvalue weighted by molar-refractivity contribution is 5.79. The van der Waals surface area contributed by atoms with E-state index in [1.54, 1.807) is 0 Å². The maximum atomic E-state index is 7.13. The molecule has 1 heteroatoms. The lowest BCUT2D eigenvalue weighted by molar-refractivity contribution is 0.861. The van der Waals surface area contributed by atoms with E-state index >= 15 is 0 Å². The van der Waals surface area contributed by atoms with Gasteiger partial charge in [-0.25, -0.2) is 4.85 Å². The number of hydrogen-bond acceptors (Lipinski definition) is 0. The molecule has 0 N–H and O–H groups in total. The molecular weight excluding hydrogens is 170 g/mol. The van der Waals surface area contributed by atoms with Crippen LogP contribution in [-0.2, 0) is 6.42 Å². The molecule has 0 aromatic heterocycles. The van der Waals surface area contributed by atoms with Crippen LogP contribution in [0.25, 0.3) is 10.5 Å². The van der Waals surface area contributed by atoms with Crippen molar-refractivity contribution >= 4 is 5.70 Å². The normalized spacial score (nSPS) is 13.7. The first kappa shape index (κ1) is 9.02. The monoisotopic (exact) mass is 183 g/mol. The van der Waals surface area contributed by atoms with Gasteiger partial charge in [0.05, 0.1) is 6.57 Å². The first-order valence-corrected chi connectivity index (χ1v) is 4.94. The molecule has 1 aromatic carbocycles. The lowest BCUT2D eigenvalue weighted by Gasteiger charge is -2.12. The third kappa shape index (κ3) is 1.24. The second-order valence-corrected chi connectivity index (χ2v) is 3.94. The Hall–Kier alpha value is -1.55. The molecule has 0 aliphatic heterocycles. The van der Waals surface area contributed by atoms with E-state index in [1.165, 1.54) is 16.7 Å². The topological polar surface area (TPSA) is 4.36 Å². The summed E-state index contributed by atoms with van der Waals surface area (Å²) in [6, 6.07) is 6.35. The van der Waals surface area contributed by atoms with Crippen molar-refractivity contribution < 1.29 is 0 Å². The summed E-state index contributed by atoms with van der Waals surface area (Å²) >= 11 is 0. The highest BCUT2D eigenvalue weighted by atomic mass is 14.7. The van der Waals surface area contributed by atoms with Gasteiger partial charge in [-0.05, 0) is 29.0 Å². The van der Waals surface area contributed by atoms with E-state index in [2.05, 4.69) is 36.9 Å². The molecule has 1 aliphatic rings. The third-order valence-electron chi connectivity index (χ3n) is 2.70. The average molecular weight is 183 g/mol. The van der Waals surface area contributed by atoms with Gasteiger partial charge in [-0.2, -0.15) is 0 Å². The number of allylic oxidation sites excluding steroid dienone is 1. The quantitative estimate of drug-likeness (QED) is 0.586. The number of hydrogen-bond donors (Lipinski definition) is 0. The molecule has 0 saturated carbocycles. The van der Waals surface area contributed by atoms with Gasteiger partial charge in [0, 0.05) is 0 Å². The third-order valence-corrected chi connectivity index (χ3v) is 2.70. The first-order chi connectivity index (χ1) is 6.74. The fourth-order valence-electron chi connectivity index (χ4n) is 1.99. The van der Waals surface area contributed by atoms with Gasteiger partial charge in [0.1, 0.15) is 0 Å². The minimum Gasteiger partial charge on any atom is -0.238 e. The molecule has 0 amide bonds. The van der Waals surface area contributed by atoms with Crippen LogP contribution in [0.3, 0.4) is 0 Å². The highest BCUT2D eigenvalue weighted by Gasteiger charge is 2.18. The van der Waals surface area contributed by atoms with Crippen molar-refractivity contribution in [1.29, 1.82) is 0 Å². The van der Waals surface area contributed by atoms with Crippen LogP contribution in [0, 0.1) is 6.57 Å². The van der Waals surface area contributed by atoms with Gasteiger partial charge in [0.25, 0.3) is 0 Å². The fourth-order valence-corrected chi connectivity index (χ4v) is 1.99. The molecule has 2 rings (SSSR count). The maximum Gasteiger partial charge on any atom is 0.191 e. The summed E-state index contributed by atoms with van der Waals surface area (Å²) < 4.78 is 0. The van der Waals surface area contributed by atoms with Gasteiger partial charge in [-0.3, -0.25) is 0 Å². The Labute approximate surface area is 84.9 Å². The zero-order chi connectivity index (χ0) is 10.1. The van der Waals surface area contributed by atoms with Crippen LogP contribution >= 0.6 is 0 Å². The molecule has 14 heavy (non-hydrogen) atoms. The van der Waals surface area contributed by atoms with Crippen molar-refractivity contribution in [3.05, 3.63) is 52.4 Å². The van der Waals surface area contributed by atoms with Crippen LogP contribution in [0.5, 0.6) is 0 Å². The van der Waals surface area contributed by atoms with Crippen LogP contribution in [0.2, 0.25) is 0 Å². The SMILES string of the molecule is [C-]#[N+]C1=CCc2cccc(C(C)C)c21. The Morgan fingerprint density at radius 2 is 2.14 bits per heavy atom. The van der Waals surface area contributed by atoms with E-state index in [0.717, 1.165) is 12.1 Å². The molecule has 1 aromatic rings. The summed E-state index contributed by atoms with van der Waals surface area (Å²) in [5.74, 6) is 0.494. The first-order valence-electron chi connectivity index (χ1n) is 4.94. The van der Waals surface area contributed by atoms with Crippen LogP contribution in [0.1, 0.15) is 36.5 Å². The van der Waals surface area contributed by atoms with Gasteiger partial charge in [0.2, 0.25) is 0 Å². The molecule has 0 radical (unpaired) electrons. The van der Waals surface area contributed by atoms with Crippen LogP contribution in [0.4, 0.5) is 0 Å². The molecule has 0 heterocycles. The van der Waals surface area contributed by atoms with Gasteiger partial charge in [-0.1, -0.05) is 38.1 Å². The Kier molecular flexibility index (Phi) is 2.13. The number of nitrogens with zero attached hydrogens (tertiary/aromatic N) is 1. The molecule has 0 unspecified atom stereocenters. The summed E-state index contributed by atoms with van der Waals surface area (Å²) in [6.45, 7) is 11.5. The Morgan fingerprint density at radius 1 is 1.36 bits per heavy atom. The standard InChI is InChI=1S/C13H13N/c1-9(2)11-6-4-5-10-7-8-12(14-3)13(10)11/h4-6,8-9H,7H2,1-2H3. The van der Waals surface area contributed by atoms with E-state index in [-0.39, 0.29) is 0 Å². The number of benzene rings is 1. The number of fused-ring (bicyclic) bond motifs is 1. The van der Waals surface area contributed by atoms with Crippen LogP contribution < -0.4 is 0 Å². The molecule has 1 nitrogen and oxygen atoms in total. The van der Waals surface area contributed by atoms with Crippen molar-refractivity contribution in [2.24, 2.45) is 0 Å². The summed E-state index contributed by atoms with van der Waals surface area (Å²) in [6.07, 6.45) is 2.96. The zero-order valence-corrected chi connectivity index (χ0v) is 8.54. The Balaban J connectivity index is 2.62. The zero-order valence-electron chi connectivity index (χ0n) is 8.54. The van der Waals surface area contributed by atoms with E-state index in [9.17, 15) is 0 Å². The predicted octanol–water partition coefficient (Wildman–Crippen LogP) is 3.63. The van der Waals surface area contributed by atoms with Crippen molar-refractivity contribution in [2.45, 2.75) is 26.2 Å². The van der Waals surface area contributed by atoms with Gasteiger partial charge in [0.15, 0.2) is 5.70 Å². The minimum atomic E-state index is 0.494. The average Bonchev–Trinajstić information content (AvgIpc) is 2.59. The van der Waals surface area contributed by atoms with Crippen molar-refractivity contribution in [3.63, 3.8) is 0 Å². The highest BCUT2D eigenvalue weighted by Crippen LogP contribution is 2.34. The summed E-state index contributed by atoms with van der Waals surface area (Å²) in [7, 11) is 0. The minimum absolute atomic E-state index is 0.494. The summed E-state index contributed by atoms with van der Waals surface area (Å²) in [4.78, 5) is 3.58. The van der Waals surface area contributed by atoms with Gasteiger partial charge in [-0.15, -0.1) is 0 Å². The molecule has 0 bridgehead atoms. The molecule has 0 fully saturated rings. The van der Waals surface area contributed by atoms with Crippen molar-refractivity contribution in [1.82, 2.24) is 0 Å². The van der Waals surface area contributed by atoms with Crippen LogP contribution in [-0.4, -0.2) is 0 Å². The van der Waals surface area contributed by atoms with Crippen molar-refractivity contribution in [3.8, 4) is 0 Å². The predicted molar refractivity (Wildman–Crippen MR) is 58.8 cm³/mol. The van der Waals surface area contributed by atoms with Crippen LogP contribution in [0.15, 0.2) is 24.3 Å². The smallest absolute Gasteiger partial charge is 0.191 e. The van der Waals surface area contributed by atoms with E-state index in [4.69, 9.17) is 6.57 Å². The molecular formula is C13H13N. The second kappa shape index (κ2) is 3.31. The lowest BCUT2D eigenvalue weighted by atomic mass is 9.94. The van der Waals surface area contributed by atoms with E-state index in [0.29, 0.717) is 5.92 Å². The van der Waals surface area contributed by atoms with E-state index in [1.807, 2.05) is 6.08 Å². The number of rotatable bonds is 1. The lowest BCUT2D eigenvalue weighted by Crippen LogP contribution is -1.95. The molecule has 1 aliphatic carbocycles. The van der Waals surface area contributed by atoms with Crippen molar-refractivity contribution in [2.75, 3.05) is 0 Å². The second-order valence-electron chi connectivity index (χ2n) is 3.94.